The first kappa shape index (κ1) is 14.7. The molecule has 0 bridgehead atoms. The normalized spacial score (nSPS) is 12.0. The Kier molecular flexibility index (Phi) is 4.01. The lowest BCUT2D eigenvalue weighted by Gasteiger charge is -2.15. The van der Waals surface area contributed by atoms with Crippen molar-refractivity contribution >= 4 is 11.7 Å². The van der Waals surface area contributed by atoms with Crippen LogP contribution in [0.25, 0.3) is 5.78 Å². The molecule has 7 nitrogen and oxygen atoms in total. The minimum atomic E-state index is -0.283. The van der Waals surface area contributed by atoms with Crippen molar-refractivity contribution in [1.29, 1.82) is 0 Å². The summed E-state index contributed by atoms with van der Waals surface area (Å²) in [5, 5.41) is 16.5. The SMILES string of the molecule is C=CC(NC(=O)Cc1cc(O)n2ncnc2n1)c1ccccc1. The van der Waals surface area contributed by atoms with Crippen LogP contribution in [0.5, 0.6) is 5.88 Å². The van der Waals surface area contributed by atoms with E-state index in [0.29, 0.717) is 5.69 Å². The number of fused-ring (bicyclic) bond motifs is 1. The number of carbonyl (C=O) groups excluding carboxylic acids is 1. The fraction of sp³-hybridized carbons (Fsp3) is 0.125. The molecule has 0 fully saturated rings. The van der Waals surface area contributed by atoms with Crippen LogP contribution in [0, 0.1) is 0 Å². The Labute approximate surface area is 132 Å². The highest BCUT2D eigenvalue weighted by atomic mass is 16.3. The largest absolute Gasteiger partial charge is 0.493 e. The third-order valence-corrected chi connectivity index (χ3v) is 3.34. The Morgan fingerprint density at radius 1 is 1.39 bits per heavy atom. The fourth-order valence-electron chi connectivity index (χ4n) is 2.26. The summed E-state index contributed by atoms with van der Waals surface area (Å²) < 4.78 is 1.19. The van der Waals surface area contributed by atoms with E-state index >= 15 is 0 Å². The van der Waals surface area contributed by atoms with Gasteiger partial charge in [-0.2, -0.15) is 14.6 Å². The molecular weight excluding hydrogens is 294 g/mol. The van der Waals surface area contributed by atoms with E-state index in [1.807, 2.05) is 30.3 Å². The van der Waals surface area contributed by atoms with E-state index in [0.717, 1.165) is 5.56 Å². The summed E-state index contributed by atoms with van der Waals surface area (Å²) >= 11 is 0. The van der Waals surface area contributed by atoms with E-state index < -0.39 is 0 Å². The van der Waals surface area contributed by atoms with Crippen LogP contribution >= 0.6 is 0 Å². The second kappa shape index (κ2) is 6.27. The quantitative estimate of drug-likeness (QED) is 0.695. The minimum absolute atomic E-state index is 0.0219. The summed E-state index contributed by atoms with van der Waals surface area (Å²) in [6.07, 6.45) is 2.98. The van der Waals surface area contributed by atoms with Gasteiger partial charge < -0.3 is 10.4 Å². The van der Waals surface area contributed by atoms with Crippen molar-refractivity contribution in [3.8, 4) is 5.88 Å². The van der Waals surface area contributed by atoms with E-state index in [1.54, 1.807) is 6.08 Å². The van der Waals surface area contributed by atoms with Gasteiger partial charge in [-0.15, -0.1) is 6.58 Å². The molecule has 3 rings (SSSR count). The molecule has 0 spiro atoms. The number of nitrogens with zero attached hydrogens (tertiary/aromatic N) is 4. The molecule has 0 aliphatic carbocycles. The molecule has 2 N–H and O–H groups in total. The first-order valence-corrected chi connectivity index (χ1v) is 7.03. The maximum atomic E-state index is 12.2. The third-order valence-electron chi connectivity index (χ3n) is 3.34. The van der Waals surface area contributed by atoms with Gasteiger partial charge in [0.1, 0.15) is 6.33 Å². The lowest BCUT2D eigenvalue weighted by atomic mass is 10.1. The van der Waals surface area contributed by atoms with Gasteiger partial charge in [-0.05, 0) is 5.56 Å². The Morgan fingerprint density at radius 3 is 2.91 bits per heavy atom. The Balaban J connectivity index is 1.74. The second-order valence-electron chi connectivity index (χ2n) is 4.95. The van der Waals surface area contributed by atoms with Crippen LogP contribution in [-0.4, -0.2) is 30.6 Å². The first-order chi connectivity index (χ1) is 11.2. The molecule has 1 unspecified atom stereocenters. The maximum Gasteiger partial charge on any atom is 0.255 e. The monoisotopic (exact) mass is 309 g/mol. The fourth-order valence-corrected chi connectivity index (χ4v) is 2.26. The smallest absolute Gasteiger partial charge is 0.255 e. The maximum absolute atomic E-state index is 12.2. The molecule has 0 aliphatic rings. The number of hydrogen-bond acceptors (Lipinski definition) is 5. The lowest BCUT2D eigenvalue weighted by Crippen LogP contribution is -2.29. The van der Waals surface area contributed by atoms with Crippen LogP contribution in [-0.2, 0) is 11.2 Å². The predicted molar refractivity (Wildman–Crippen MR) is 83.7 cm³/mol. The molecule has 2 aromatic heterocycles. The Morgan fingerprint density at radius 2 is 2.17 bits per heavy atom. The molecule has 1 atom stereocenters. The number of aromatic hydroxyl groups is 1. The lowest BCUT2D eigenvalue weighted by molar-refractivity contribution is -0.120. The number of rotatable bonds is 5. The molecule has 116 valence electrons. The summed E-state index contributed by atoms with van der Waals surface area (Å²) in [6, 6.07) is 10.7. The summed E-state index contributed by atoms with van der Waals surface area (Å²) in [4.78, 5) is 20.3. The molecule has 7 heteroatoms. The van der Waals surface area contributed by atoms with E-state index in [9.17, 15) is 9.90 Å². The number of carbonyl (C=O) groups is 1. The Hall–Kier alpha value is -3.22. The molecule has 0 aliphatic heterocycles. The van der Waals surface area contributed by atoms with Crippen molar-refractivity contribution in [2.24, 2.45) is 0 Å². The van der Waals surface area contributed by atoms with Crippen LogP contribution < -0.4 is 5.32 Å². The molecule has 0 saturated carbocycles. The Bertz CT molecular complexity index is 844. The van der Waals surface area contributed by atoms with E-state index in [4.69, 9.17) is 0 Å². The molecule has 2 heterocycles. The van der Waals surface area contributed by atoms with E-state index in [1.165, 1.54) is 16.9 Å². The zero-order valence-electron chi connectivity index (χ0n) is 12.3. The van der Waals surface area contributed by atoms with Gasteiger partial charge in [0.15, 0.2) is 0 Å². The van der Waals surface area contributed by atoms with Gasteiger partial charge >= 0.3 is 0 Å². The van der Waals surface area contributed by atoms with Crippen molar-refractivity contribution in [2.45, 2.75) is 12.5 Å². The zero-order chi connectivity index (χ0) is 16.2. The average molecular weight is 309 g/mol. The van der Waals surface area contributed by atoms with Crippen molar-refractivity contribution in [1.82, 2.24) is 24.9 Å². The van der Waals surface area contributed by atoms with Crippen molar-refractivity contribution in [3.63, 3.8) is 0 Å². The summed E-state index contributed by atoms with van der Waals surface area (Å²) in [5.41, 5.74) is 1.36. The minimum Gasteiger partial charge on any atom is -0.493 e. The van der Waals surface area contributed by atoms with E-state index in [2.05, 4.69) is 27.0 Å². The van der Waals surface area contributed by atoms with Crippen molar-refractivity contribution in [3.05, 3.63) is 66.6 Å². The number of amides is 1. The van der Waals surface area contributed by atoms with Gasteiger partial charge in [0.2, 0.25) is 11.8 Å². The van der Waals surface area contributed by atoms with Crippen LogP contribution in [0.15, 0.2) is 55.4 Å². The highest BCUT2D eigenvalue weighted by Crippen LogP contribution is 2.15. The van der Waals surface area contributed by atoms with Gasteiger partial charge in [0, 0.05) is 6.07 Å². The number of benzene rings is 1. The number of nitrogens with one attached hydrogen (secondary N) is 1. The molecule has 0 radical (unpaired) electrons. The topological polar surface area (TPSA) is 92.4 Å². The second-order valence-corrected chi connectivity index (χ2v) is 4.95. The average Bonchev–Trinajstić information content (AvgIpc) is 3.02. The number of aromatic nitrogens is 4. The summed E-state index contributed by atoms with van der Waals surface area (Å²) in [5.74, 6) is -0.0933. The molecule has 23 heavy (non-hydrogen) atoms. The van der Waals surface area contributed by atoms with Gasteiger partial charge in [-0.3, -0.25) is 4.79 Å². The summed E-state index contributed by atoms with van der Waals surface area (Å²) in [7, 11) is 0. The van der Waals surface area contributed by atoms with Crippen LogP contribution in [0.3, 0.4) is 0 Å². The summed E-state index contributed by atoms with van der Waals surface area (Å²) in [6.45, 7) is 3.75. The third kappa shape index (κ3) is 3.18. The van der Waals surface area contributed by atoms with Gasteiger partial charge in [-0.25, -0.2) is 4.98 Å². The zero-order valence-corrected chi connectivity index (χ0v) is 12.3. The molecule has 1 aromatic carbocycles. The van der Waals surface area contributed by atoms with Crippen LogP contribution in [0.1, 0.15) is 17.3 Å². The van der Waals surface area contributed by atoms with Gasteiger partial charge in [-0.1, -0.05) is 36.4 Å². The molecular formula is C16H15N5O2. The van der Waals surface area contributed by atoms with Crippen molar-refractivity contribution in [2.75, 3.05) is 0 Å². The highest BCUT2D eigenvalue weighted by molar-refractivity contribution is 5.79. The van der Waals surface area contributed by atoms with Crippen LogP contribution in [0.2, 0.25) is 0 Å². The van der Waals surface area contributed by atoms with Crippen molar-refractivity contribution < 1.29 is 9.90 Å². The van der Waals surface area contributed by atoms with E-state index in [-0.39, 0.29) is 30.0 Å². The van der Waals surface area contributed by atoms with Gasteiger partial charge in [0.05, 0.1) is 18.2 Å². The van der Waals surface area contributed by atoms with Crippen LogP contribution in [0.4, 0.5) is 0 Å². The highest BCUT2D eigenvalue weighted by Gasteiger charge is 2.14. The standard InChI is InChI=1S/C16H15N5O2/c1-2-13(11-6-4-3-5-7-11)20-14(22)8-12-9-15(23)21-16(19-12)17-10-18-21/h2-7,9-10,13,23H,1,8H2,(H,20,22). The molecule has 0 saturated heterocycles. The van der Waals surface area contributed by atoms with Gasteiger partial charge in [0.25, 0.3) is 5.78 Å². The predicted octanol–water partition coefficient (Wildman–Crippen LogP) is 1.42. The molecule has 1 amide bonds. The number of hydrogen-bond donors (Lipinski definition) is 2. The molecule has 3 aromatic rings. The first-order valence-electron chi connectivity index (χ1n) is 7.03.